The normalized spacial score (nSPS) is 12.4. The molecule has 0 aliphatic carbocycles. The average molecular weight is 354 g/mol. The molecule has 7 heteroatoms. The van der Waals surface area contributed by atoms with Crippen LogP contribution in [0.15, 0.2) is 39.0 Å². The zero-order chi connectivity index (χ0) is 15.9. The van der Waals surface area contributed by atoms with Crippen molar-refractivity contribution in [1.82, 2.24) is 15.5 Å². The molecule has 0 radical (unpaired) electrons. The molecule has 4 nitrogen and oxygen atoms in total. The minimum absolute atomic E-state index is 0.0217. The number of aromatic nitrogens is 2. The summed E-state index contributed by atoms with van der Waals surface area (Å²) in [4.78, 5) is 12.2. The van der Waals surface area contributed by atoms with Crippen LogP contribution in [-0.4, -0.2) is 28.1 Å². The van der Waals surface area contributed by atoms with Crippen LogP contribution < -0.4 is 5.32 Å². The summed E-state index contributed by atoms with van der Waals surface area (Å²) in [7, 11) is 0. The first-order chi connectivity index (χ1) is 10.6. The Kier molecular flexibility index (Phi) is 6.72. The second kappa shape index (κ2) is 8.55. The summed E-state index contributed by atoms with van der Waals surface area (Å²) in [5.74, 6) is 0.716. The summed E-state index contributed by atoms with van der Waals surface area (Å²) >= 11 is 4.52. The molecule has 1 aromatic heterocycles. The van der Waals surface area contributed by atoms with Crippen LogP contribution in [0.2, 0.25) is 0 Å². The Morgan fingerprint density at radius 2 is 1.91 bits per heavy atom. The van der Waals surface area contributed by atoms with Gasteiger partial charge in [-0.1, -0.05) is 79.0 Å². The summed E-state index contributed by atoms with van der Waals surface area (Å²) < 4.78 is 1.76. The second-order valence-electron chi connectivity index (χ2n) is 5.03. The number of hydrogen-bond donors (Lipinski definition) is 1. The maximum atomic E-state index is 12.2. The highest BCUT2D eigenvalue weighted by molar-refractivity contribution is 8.03. The van der Waals surface area contributed by atoms with E-state index in [4.69, 9.17) is 0 Å². The first kappa shape index (κ1) is 17.3. The topological polar surface area (TPSA) is 54.9 Å². The molecule has 0 bridgehead atoms. The summed E-state index contributed by atoms with van der Waals surface area (Å²) in [5.41, 5.74) is 1.14. The SMILES string of the molecule is CSc1nnc(SCC(=O)NC(c2ccccc2)C(C)C)s1. The van der Waals surface area contributed by atoms with Crippen molar-refractivity contribution in [2.45, 2.75) is 28.6 Å². The zero-order valence-corrected chi connectivity index (χ0v) is 15.2. The van der Waals surface area contributed by atoms with Gasteiger partial charge in [-0.3, -0.25) is 4.79 Å². The number of carbonyl (C=O) groups excluding carboxylic acids is 1. The molecule has 1 heterocycles. The van der Waals surface area contributed by atoms with E-state index >= 15 is 0 Å². The third-order valence-corrected chi connectivity index (χ3v) is 6.06. The number of amides is 1. The molecule has 0 fully saturated rings. The van der Waals surface area contributed by atoms with Crippen molar-refractivity contribution in [2.24, 2.45) is 5.92 Å². The fourth-order valence-corrected chi connectivity index (χ4v) is 4.22. The van der Waals surface area contributed by atoms with Crippen LogP contribution in [0.25, 0.3) is 0 Å². The van der Waals surface area contributed by atoms with Gasteiger partial charge in [-0.15, -0.1) is 10.2 Å². The Labute approximate surface area is 143 Å². The van der Waals surface area contributed by atoms with Crippen molar-refractivity contribution in [3.8, 4) is 0 Å². The molecule has 1 aromatic carbocycles. The van der Waals surface area contributed by atoms with Crippen LogP contribution in [0, 0.1) is 5.92 Å². The largest absolute Gasteiger partial charge is 0.348 e. The van der Waals surface area contributed by atoms with Crippen molar-refractivity contribution >= 4 is 40.8 Å². The Morgan fingerprint density at radius 3 is 2.50 bits per heavy atom. The monoisotopic (exact) mass is 353 g/mol. The van der Waals surface area contributed by atoms with Crippen molar-refractivity contribution in [3.63, 3.8) is 0 Å². The van der Waals surface area contributed by atoms with Crippen LogP contribution in [0.4, 0.5) is 0 Å². The van der Waals surface area contributed by atoms with Crippen LogP contribution in [-0.2, 0) is 4.79 Å². The molecule has 0 aliphatic rings. The number of thioether (sulfide) groups is 2. The van der Waals surface area contributed by atoms with Gasteiger partial charge in [0.05, 0.1) is 11.8 Å². The standard InChI is InChI=1S/C15H19N3OS3/c1-10(2)13(11-7-5-4-6-8-11)16-12(19)9-21-15-18-17-14(20-3)22-15/h4-8,10,13H,9H2,1-3H3,(H,16,19). The van der Waals surface area contributed by atoms with E-state index in [2.05, 4.69) is 29.4 Å². The van der Waals surface area contributed by atoms with E-state index in [0.717, 1.165) is 14.2 Å². The summed E-state index contributed by atoms with van der Waals surface area (Å²) in [5, 5.41) is 11.2. The van der Waals surface area contributed by atoms with Crippen molar-refractivity contribution in [1.29, 1.82) is 0 Å². The van der Waals surface area contributed by atoms with E-state index in [1.807, 2.05) is 36.6 Å². The molecule has 1 unspecified atom stereocenters. The number of rotatable bonds is 7. The second-order valence-corrected chi connectivity index (χ2v) is 8.28. The van der Waals surface area contributed by atoms with E-state index in [1.54, 1.807) is 11.8 Å². The van der Waals surface area contributed by atoms with Crippen LogP contribution >= 0.6 is 34.9 Å². The van der Waals surface area contributed by atoms with Crippen molar-refractivity contribution < 1.29 is 4.79 Å². The Hall–Kier alpha value is -1.05. The predicted octanol–water partition coefficient (Wildman–Crippen LogP) is 3.87. The van der Waals surface area contributed by atoms with Gasteiger partial charge in [-0.25, -0.2) is 0 Å². The van der Waals surface area contributed by atoms with E-state index in [0.29, 0.717) is 11.7 Å². The smallest absolute Gasteiger partial charge is 0.230 e. The Morgan fingerprint density at radius 1 is 1.23 bits per heavy atom. The molecule has 0 spiro atoms. The molecule has 0 aliphatic heterocycles. The highest BCUT2D eigenvalue weighted by Gasteiger charge is 2.18. The van der Waals surface area contributed by atoms with Crippen molar-refractivity contribution in [3.05, 3.63) is 35.9 Å². The number of nitrogens with one attached hydrogen (secondary N) is 1. The third kappa shape index (κ3) is 5.00. The van der Waals surface area contributed by atoms with E-state index in [1.165, 1.54) is 23.1 Å². The van der Waals surface area contributed by atoms with Gasteiger partial charge in [0.25, 0.3) is 0 Å². The maximum Gasteiger partial charge on any atom is 0.230 e. The lowest BCUT2D eigenvalue weighted by Crippen LogP contribution is -2.32. The Balaban J connectivity index is 1.91. The van der Waals surface area contributed by atoms with Crippen molar-refractivity contribution in [2.75, 3.05) is 12.0 Å². The molecule has 2 aromatic rings. The minimum atomic E-state index is 0.0217. The maximum absolute atomic E-state index is 12.2. The van der Waals surface area contributed by atoms with Gasteiger partial charge in [-0.05, 0) is 17.7 Å². The van der Waals surface area contributed by atoms with Crippen LogP contribution in [0.3, 0.4) is 0 Å². The lowest BCUT2D eigenvalue weighted by molar-refractivity contribution is -0.119. The fourth-order valence-electron chi connectivity index (χ4n) is 1.98. The quantitative estimate of drug-likeness (QED) is 0.766. The van der Waals surface area contributed by atoms with Gasteiger partial charge < -0.3 is 5.32 Å². The molecular weight excluding hydrogens is 334 g/mol. The molecule has 1 N–H and O–H groups in total. The molecular formula is C15H19N3OS3. The summed E-state index contributed by atoms with van der Waals surface area (Å²) in [6.07, 6.45) is 1.97. The lowest BCUT2D eigenvalue weighted by Gasteiger charge is -2.22. The number of carbonyl (C=O) groups is 1. The van der Waals surface area contributed by atoms with E-state index < -0.39 is 0 Å². The summed E-state index contributed by atoms with van der Waals surface area (Å²) in [6.45, 7) is 4.22. The van der Waals surface area contributed by atoms with Gasteiger partial charge >= 0.3 is 0 Å². The lowest BCUT2D eigenvalue weighted by atomic mass is 9.96. The first-order valence-electron chi connectivity index (χ1n) is 6.94. The van der Waals surface area contributed by atoms with Gasteiger partial charge in [0, 0.05) is 0 Å². The molecule has 22 heavy (non-hydrogen) atoms. The minimum Gasteiger partial charge on any atom is -0.348 e. The fraction of sp³-hybridized carbons (Fsp3) is 0.400. The summed E-state index contributed by atoms with van der Waals surface area (Å²) in [6, 6.07) is 10.1. The molecule has 0 saturated heterocycles. The zero-order valence-electron chi connectivity index (χ0n) is 12.8. The molecule has 0 saturated carbocycles. The Bertz CT molecular complexity index is 601. The molecule has 1 amide bonds. The van der Waals surface area contributed by atoms with Crippen LogP contribution in [0.1, 0.15) is 25.5 Å². The number of hydrogen-bond acceptors (Lipinski definition) is 6. The predicted molar refractivity (Wildman–Crippen MR) is 94.6 cm³/mol. The molecule has 1 atom stereocenters. The third-order valence-electron chi connectivity index (χ3n) is 3.03. The molecule has 118 valence electrons. The van der Waals surface area contributed by atoms with Gasteiger partial charge in [0.1, 0.15) is 0 Å². The first-order valence-corrected chi connectivity index (χ1v) is 9.97. The van der Waals surface area contributed by atoms with Crippen LogP contribution in [0.5, 0.6) is 0 Å². The number of nitrogens with zero attached hydrogens (tertiary/aromatic N) is 2. The highest BCUT2D eigenvalue weighted by Crippen LogP contribution is 2.27. The van der Waals surface area contributed by atoms with Gasteiger partial charge in [0.2, 0.25) is 5.91 Å². The number of benzene rings is 1. The van der Waals surface area contributed by atoms with E-state index in [9.17, 15) is 4.79 Å². The van der Waals surface area contributed by atoms with Gasteiger partial charge in [-0.2, -0.15) is 0 Å². The molecule has 2 rings (SSSR count). The highest BCUT2D eigenvalue weighted by atomic mass is 32.2. The van der Waals surface area contributed by atoms with E-state index in [-0.39, 0.29) is 11.9 Å². The average Bonchev–Trinajstić information content (AvgIpc) is 2.99. The van der Waals surface area contributed by atoms with Gasteiger partial charge in [0.15, 0.2) is 8.68 Å².